The smallest absolute Gasteiger partial charge is 0.271 e. The van der Waals surface area contributed by atoms with Crippen LogP contribution in [0.3, 0.4) is 0 Å². The lowest BCUT2D eigenvalue weighted by molar-refractivity contribution is -0.0328. The van der Waals surface area contributed by atoms with Crippen LogP contribution < -0.4 is 9.86 Å². The van der Waals surface area contributed by atoms with Crippen molar-refractivity contribution in [2.24, 2.45) is 5.14 Å². The van der Waals surface area contributed by atoms with Crippen molar-refractivity contribution < 1.29 is 21.6 Å². The molecule has 0 saturated heterocycles. The molecule has 9 heteroatoms. The van der Waals surface area contributed by atoms with E-state index >= 15 is 0 Å². The molecule has 0 aliphatic rings. The number of thioether (sulfide) groups is 1. The van der Waals surface area contributed by atoms with Gasteiger partial charge in [-0.2, -0.15) is 21.6 Å². The molecule has 0 saturated carbocycles. The first-order chi connectivity index (χ1) is 10.1. The number of hydrogen-bond acceptors (Lipinski definition) is 3. The van der Waals surface area contributed by atoms with Crippen molar-refractivity contribution in [3.8, 4) is 11.1 Å². The van der Waals surface area contributed by atoms with E-state index in [-0.39, 0.29) is 22.3 Å². The van der Waals surface area contributed by atoms with Gasteiger partial charge in [0.25, 0.3) is 10.2 Å². The van der Waals surface area contributed by atoms with E-state index in [2.05, 4.69) is 4.72 Å². The van der Waals surface area contributed by atoms with E-state index in [9.17, 15) is 21.6 Å². The van der Waals surface area contributed by atoms with E-state index in [1.54, 1.807) is 12.1 Å². The molecule has 0 aromatic heterocycles. The number of nitrogens with one attached hydrogen (secondary N) is 1. The van der Waals surface area contributed by atoms with Gasteiger partial charge in [0.1, 0.15) is 0 Å². The second-order valence-corrected chi connectivity index (χ2v) is 6.73. The van der Waals surface area contributed by atoms with Gasteiger partial charge in [0.2, 0.25) is 0 Å². The molecule has 3 N–H and O–H groups in total. The molecule has 0 fully saturated rings. The highest BCUT2D eigenvalue weighted by molar-refractivity contribution is 8.00. The molecule has 22 heavy (non-hydrogen) atoms. The van der Waals surface area contributed by atoms with Gasteiger partial charge in [-0.05, 0) is 47.2 Å². The Bertz CT molecular complexity index is 760. The van der Waals surface area contributed by atoms with Crippen molar-refractivity contribution in [2.75, 3.05) is 4.72 Å². The molecular weight excluding hydrogens is 337 g/mol. The second kappa shape index (κ2) is 6.19. The highest BCUT2D eigenvalue weighted by atomic mass is 32.2. The molecule has 0 radical (unpaired) electrons. The van der Waals surface area contributed by atoms with Crippen molar-refractivity contribution in [2.45, 2.75) is 10.4 Å². The third-order valence-electron chi connectivity index (χ3n) is 2.54. The predicted octanol–water partition coefficient (Wildman–Crippen LogP) is 3.58. The summed E-state index contributed by atoms with van der Waals surface area (Å²) >= 11 is -0.193. The number of halogens is 3. The summed E-state index contributed by atoms with van der Waals surface area (Å²) in [7, 11) is -3.88. The maximum Gasteiger partial charge on any atom is 0.446 e. The third-order valence-corrected chi connectivity index (χ3v) is 3.80. The highest BCUT2D eigenvalue weighted by Crippen LogP contribution is 2.37. The Balaban J connectivity index is 2.23. The predicted molar refractivity (Wildman–Crippen MR) is 80.5 cm³/mol. The van der Waals surface area contributed by atoms with Crippen LogP contribution in [0, 0.1) is 0 Å². The van der Waals surface area contributed by atoms with Gasteiger partial charge in [0, 0.05) is 4.90 Å². The van der Waals surface area contributed by atoms with E-state index in [4.69, 9.17) is 5.14 Å². The molecule has 0 aliphatic heterocycles. The maximum atomic E-state index is 12.3. The fourth-order valence-electron chi connectivity index (χ4n) is 1.78. The molecule has 0 unspecified atom stereocenters. The Labute approximate surface area is 129 Å². The average Bonchev–Trinajstić information content (AvgIpc) is 2.36. The Kier molecular flexibility index (Phi) is 4.69. The summed E-state index contributed by atoms with van der Waals surface area (Å²) < 4.78 is 60.9. The lowest BCUT2D eigenvalue weighted by Gasteiger charge is -2.08. The van der Waals surface area contributed by atoms with E-state index in [0.717, 1.165) is 0 Å². The number of benzene rings is 2. The molecule has 4 nitrogen and oxygen atoms in total. The molecule has 2 rings (SSSR count). The summed E-state index contributed by atoms with van der Waals surface area (Å²) in [6, 6.07) is 12.1. The zero-order valence-corrected chi connectivity index (χ0v) is 12.6. The van der Waals surface area contributed by atoms with Crippen LogP contribution in [0.25, 0.3) is 11.1 Å². The average molecular weight is 348 g/mol. The third kappa shape index (κ3) is 5.24. The summed E-state index contributed by atoms with van der Waals surface area (Å²) in [5.41, 5.74) is -2.75. The minimum absolute atomic E-state index is 0.0788. The molecule has 0 aliphatic carbocycles. The molecular formula is C13H11F3N2O2S2. The zero-order valence-electron chi connectivity index (χ0n) is 11.0. The van der Waals surface area contributed by atoms with Crippen LogP contribution in [-0.2, 0) is 10.2 Å². The van der Waals surface area contributed by atoms with Crippen molar-refractivity contribution in [1.82, 2.24) is 0 Å². The van der Waals surface area contributed by atoms with E-state index in [0.29, 0.717) is 11.1 Å². The summed E-state index contributed by atoms with van der Waals surface area (Å²) in [4.78, 5) is 0.0788. The van der Waals surface area contributed by atoms with Crippen LogP contribution in [0.2, 0.25) is 0 Å². The van der Waals surface area contributed by atoms with Crippen molar-refractivity contribution in [3.63, 3.8) is 0 Å². The first kappa shape index (κ1) is 16.7. The summed E-state index contributed by atoms with van der Waals surface area (Å²) in [5, 5.41) is 4.89. The molecule has 0 heterocycles. The van der Waals surface area contributed by atoms with Crippen LogP contribution in [0.1, 0.15) is 0 Å². The molecule has 2 aromatic rings. The quantitative estimate of drug-likeness (QED) is 0.830. The van der Waals surface area contributed by atoms with Gasteiger partial charge in [-0.15, -0.1) is 0 Å². The van der Waals surface area contributed by atoms with Crippen LogP contribution in [-0.4, -0.2) is 13.9 Å². The van der Waals surface area contributed by atoms with E-state index in [1.807, 2.05) is 0 Å². The number of rotatable bonds is 4. The van der Waals surface area contributed by atoms with Crippen LogP contribution in [0.4, 0.5) is 18.9 Å². The van der Waals surface area contributed by atoms with Crippen molar-refractivity contribution >= 4 is 27.7 Å². The van der Waals surface area contributed by atoms with Gasteiger partial charge in [0.05, 0.1) is 5.69 Å². The molecule has 0 spiro atoms. The summed E-state index contributed by atoms with van der Waals surface area (Å²) in [6.45, 7) is 0. The Hall–Kier alpha value is -1.71. The standard InChI is InChI=1S/C13H11F3N2O2S2/c14-13(15,16)21-12-6-4-9(5-7-12)10-2-1-3-11(8-10)18-22(17,19)20/h1-8,18H,(H2,17,19,20). The summed E-state index contributed by atoms with van der Waals surface area (Å²) in [5.74, 6) is 0. The van der Waals surface area contributed by atoms with Gasteiger partial charge < -0.3 is 0 Å². The Morgan fingerprint density at radius 2 is 1.64 bits per heavy atom. The first-order valence-electron chi connectivity index (χ1n) is 5.89. The number of nitrogens with two attached hydrogens (primary N) is 1. The summed E-state index contributed by atoms with van der Waals surface area (Å²) in [6.07, 6.45) is 0. The molecule has 0 atom stereocenters. The van der Waals surface area contributed by atoms with Gasteiger partial charge in [-0.3, -0.25) is 4.72 Å². The molecule has 0 amide bonds. The zero-order chi connectivity index (χ0) is 16.4. The molecule has 118 valence electrons. The monoisotopic (exact) mass is 348 g/mol. The molecule has 2 aromatic carbocycles. The first-order valence-corrected chi connectivity index (χ1v) is 8.25. The van der Waals surface area contributed by atoms with Gasteiger partial charge >= 0.3 is 5.51 Å². The van der Waals surface area contributed by atoms with Crippen LogP contribution in [0.15, 0.2) is 53.4 Å². The van der Waals surface area contributed by atoms with Crippen LogP contribution in [0.5, 0.6) is 0 Å². The number of hydrogen-bond donors (Lipinski definition) is 2. The normalized spacial score (nSPS) is 12.2. The van der Waals surface area contributed by atoms with Crippen molar-refractivity contribution in [3.05, 3.63) is 48.5 Å². The number of alkyl halides is 3. The van der Waals surface area contributed by atoms with Gasteiger partial charge in [-0.1, -0.05) is 24.3 Å². The lowest BCUT2D eigenvalue weighted by Crippen LogP contribution is -2.21. The minimum Gasteiger partial charge on any atom is -0.271 e. The Morgan fingerprint density at radius 3 is 2.18 bits per heavy atom. The van der Waals surface area contributed by atoms with Gasteiger partial charge in [-0.25, -0.2) is 5.14 Å². The lowest BCUT2D eigenvalue weighted by atomic mass is 10.1. The highest BCUT2D eigenvalue weighted by Gasteiger charge is 2.28. The van der Waals surface area contributed by atoms with Gasteiger partial charge in [0.15, 0.2) is 0 Å². The van der Waals surface area contributed by atoms with Crippen molar-refractivity contribution in [1.29, 1.82) is 0 Å². The SMILES string of the molecule is NS(=O)(=O)Nc1cccc(-c2ccc(SC(F)(F)F)cc2)c1. The maximum absolute atomic E-state index is 12.3. The fourth-order valence-corrected chi connectivity index (χ4v) is 2.77. The second-order valence-electron chi connectivity index (χ2n) is 4.30. The topological polar surface area (TPSA) is 72.2 Å². The van der Waals surface area contributed by atoms with E-state index in [1.165, 1.54) is 36.4 Å². The minimum atomic E-state index is -4.33. The Morgan fingerprint density at radius 1 is 1.00 bits per heavy atom. The molecule has 0 bridgehead atoms. The largest absolute Gasteiger partial charge is 0.446 e. The number of anilines is 1. The van der Waals surface area contributed by atoms with E-state index < -0.39 is 15.7 Å². The van der Waals surface area contributed by atoms with Crippen LogP contribution >= 0.6 is 11.8 Å². The fraction of sp³-hybridized carbons (Fsp3) is 0.0769.